The number of carbonyl (C=O) groups excluding carboxylic acids is 1. The highest BCUT2D eigenvalue weighted by atomic mass is 16.1. The zero-order valence-electron chi connectivity index (χ0n) is 12.3. The standard InChI is InChI=1S/C16H22N4O/c21-15-5-1-11(2-6-15)12-7-18-16(19-8-12)20-13-3-4-14(20)10-17-9-13/h7-8,11,13-14,17H,1-6,9-10H2. The molecule has 1 saturated carbocycles. The summed E-state index contributed by atoms with van der Waals surface area (Å²) < 4.78 is 0. The van der Waals surface area contributed by atoms with E-state index in [1.54, 1.807) is 0 Å². The van der Waals surface area contributed by atoms with Gasteiger partial charge in [-0.25, -0.2) is 9.97 Å². The summed E-state index contributed by atoms with van der Waals surface area (Å²) >= 11 is 0. The van der Waals surface area contributed by atoms with Gasteiger partial charge < -0.3 is 10.2 Å². The summed E-state index contributed by atoms with van der Waals surface area (Å²) in [7, 11) is 0. The maximum absolute atomic E-state index is 11.3. The third kappa shape index (κ3) is 2.44. The maximum atomic E-state index is 11.3. The average molecular weight is 286 g/mol. The number of hydrogen-bond acceptors (Lipinski definition) is 5. The minimum Gasteiger partial charge on any atom is -0.332 e. The molecule has 0 aromatic carbocycles. The highest BCUT2D eigenvalue weighted by molar-refractivity contribution is 5.79. The van der Waals surface area contributed by atoms with Crippen LogP contribution >= 0.6 is 0 Å². The molecule has 5 nitrogen and oxygen atoms in total. The normalized spacial score (nSPS) is 29.9. The second kappa shape index (κ2) is 5.37. The van der Waals surface area contributed by atoms with Crippen molar-refractivity contribution in [3.8, 4) is 0 Å². The summed E-state index contributed by atoms with van der Waals surface area (Å²) in [6.07, 6.45) is 9.82. The Morgan fingerprint density at radius 3 is 2.24 bits per heavy atom. The quantitative estimate of drug-likeness (QED) is 0.895. The van der Waals surface area contributed by atoms with Crippen LogP contribution in [0, 0.1) is 0 Å². The van der Waals surface area contributed by atoms with Crippen LogP contribution in [-0.4, -0.2) is 40.9 Å². The van der Waals surface area contributed by atoms with Gasteiger partial charge in [0.25, 0.3) is 0 Å². The topological polar surface area (TPSA) is 58.1 Å². The van der Waals surface area contributed by atoms with Crippen LogP contribution in [0.2, 0.25) is 0 Å². The van der Waals surface area contributed by atoms with Gasteiger partial charge in [-0.1, -0.05) is 0 Å². The van der Waals surface area contributed by atoms with Gasteiger partial charge in [0, 0.05) is 50.4 Å². The molecule has 2 atom stereocenters. The summed E-state index contributed by atoms with van der Waals surface area (Å²) in [5.41, 5.74) is 1.20. The molecule has 2 saturated heterocycles. The van der Waals surface area contributed by atoms with Crippen molar-refractivity contribution < 1.29 is 4.79 Å². The van der Waals surface area contributed by atoms with Crippen molar-refractivity contribution in [2.24, 2.45) is 0 Å². The van der Waals surface area contributed by atoms with Crippen molar-refractivity contribution in [2.45, 2.75) is 56.5 Å². The van der Waals surface area contributed by atoms with E-state index < -0.39 is 0 Å². The fourth-order valence-electron chi connectivity index (χ4n) is 4.05. The van der Waals surface area contributed by atoms with Crippen LogP contribution in [0.15, 0.2) is 12.4 Å². The number of carbonyl (C=O) groups is 1. The molecule has 5 heteroatoms. The Morgan fingerprint density at radius 2 is 1.62 bits per heavy atom. The Hall–Kier alpha value is -1.49. The van der Waals surface area contributed by atoms with Crippen LogP contribution < -0.4 is 10.2 Å². The number of aromatic nitrogens is 2. The van der Waals surface area contributed by atoms with Crippen LogP contribution in [0.1, 0.15) is 50.0 Å². The van der Waals surface area contributed by atoms with E-state index in [1.807, 2.05) is 12.4 Å². The molecule has 3 aliphatic rings. The molecule has 1 aromatic rings. The molecule has 0 spiro atoms. The number of hydrogen-bond donors (Lipinski definition) is 1. The van der Waals surface area contributed by atoms with E-state index in [4.69, 9.17) is 0 Å². The molecule has 2 unspecified atom stereocenters. The summed E-state index contributed by atoms with van der Waals surface area (Å²) in [5.74, 6) is 1.76. The largest absolute Gasteiger partial charge is 0.332 e. The number of ketones is 1. The van der Waals surface area contributed by atoms with Crippen LogP contribution in [0.3, 0.4) is 0 Å². The minimum atomic E-state index is 0.404. The highest BCUT2D eigenvalue weighted by Gasteiger charge is 2.37. The van der Waals surface area contributed by atoms with Gasteiger partial charge in [-0.2, -0.15) is 0 Å². The first-order valence-electron chi connectivity index (χ1n) is 8.14. The molecule has 3 heterocycles. The molecule has 1 aromatic heterocycles. The molecule has 0 amide bonds. The van der Waals surface area contributed by atoms with Crippen molar-refractivity contribution >= 4 is 11.7 Å². The Kier molecular flexibility index (Phi) is 3.37. The third-order valence-corrected chi connectivity index (χ3v) is 5.28. The number of Topliss-reactive ketones (excluding diaryl/α,β-unsaturated/α-hetero) is 1. The molecule has 2 bridgehead atoms. The molecule has 112 valence electrons. The predicted octanol–water partition coefficient (Wildman–Crippen LogP) is 1.64. The van der Waals surface area contributed by atoms with Crippen molar-refractivity contribution in [1.82, 2.24) is 15.3 Å². The van der Waals surface area contributed by atoms with Crippen LogP contribution in [0.5, 0.6) is 0 Å². The van der Waals surface area contributed by atoms with Gasteiger partial charge in [-0.05, 0) is 37.2 Å². The summed E-state index contributed by atoms with van der Waals surface area (Å²) in [4.78, 5) is 23.0. The van der Waals surface area contributed by atoms with E-state index in [0.717, 1.165) is 31.9 Å². The molecule has 1 aliphatic carbocycles. The fraction of sp³-hybridized carbons (Fsp3) is 0.688. The zero-order chi connectivity index (χ0) is 14.2. The predicted molar refractivity (Wildman–Crippen MR) is 80.4 cm³/mol. The lowest BCUT2D eigenvalue weighted by Gasteiger charge is -2.35. The van der Waals surface area contributed by atoms with Gasteiger partial charge in [0.2, 0.25) is 5.95 Å². The lowest BCUT2D eigenvalue weighted by atomic mass is 9.85. The monoisotopic (exact) mass is 286 g/mol. The first-order chi connectivity index (χ1) is 10.3. The number of rotatable bonds is 2. The molecule has 0 radical (unpaired) electrons. The van der Waals surface area contributed by atoms with Gasteiger partial charge in [0.1, 0.15) is 5.78 Å². The molecule has 2 aliphatic heterocycles. The highest BCUT2D eigenvalue weighted by Crippen LogP contribution is 2.33. The Bertz CT molecular complexity index is 504. The number of nitrogens with one attached hydrogen (secondary N) is 1. The smallest absolute Gasteiger partial charge is 0.225 e. The minimum absolute atomic E-state index is 0.404. The molecular formula is C16H22N4O. The van der Waals surface area contributed by atoms with Gasteiger partial charge in [-0.3, -0.25) is 4.79 Å². The second-order valence-electron chi connectivity index (χ2n) is 6.58. The third-order valence-electron chi connectivity index (χ3n) is 5.28. The van der Waals surface area contributed by atoms with Crippen LogP contribution in [0.25, 0.3) is 0 Å². The lowest BCUT2D eigenvalue weighted by Crippen LogP contribution is -2.52. The SMILES string of the molecule is O=C1CCC(c2cnc(N3C4CCC3CNC4)nc2)CC1. The van der Waals surface area contributed by atoms with Crippen LogP contribution in [-0.2, 0) is 4.79 Å². The fourth-order valence-corrected chi connectivity index (χ4v) is 4.05. The first kappa shape index (κ1) is 13.2. The van der Waals surface area contributed by atoms with Crippen molar-refractivity contribution in [1.29, 1.82) is 0 Å². The molecular weight excluding hydrogens is 264 g/mol. The van der Waals surface area contributed by atoms with E-state index in [9.17, 15) is 4.79 Å². The van der Waals surface area contributed by atoms with Gasteiger partial charge in [0.05, 0.1) is 0 Å². The number of nitrogens with zero attached hydrogens (tertiary/aromatic N) is 3. The molecule has 4 rings (SSSR count). The molecule has 3 fully saturated rings. The van der Waals surface area contributed by atoms with Crippen LogP contribution in [0.4, 0.5) is 5.95 Å². The van der Waals surface area contributed by atoms with E-state index in [0.29, 0.717) is 36.6 Å². The van der Waals surface area contributed by atoms with Crippen molar-refractivity contribution in [2.75, 3.05) is 18.0 Å². The first-order valence-corrected chi connectivity index (χ1v) is 8.14. The zero-order valence-corrected chi connectivity index (χ0v) is 12.3. The number of anilines is 1. The average Bonchev–Trinajstić information content (AvgIpc) is 2.77. The second-order valence-corrected chi connectivity index (χ2v) is 6.58. The van der Waals surface area contributed by atoms with Gasteiger partial charge in [0.15, 0.2) is 0 Å². The van der Waals surface area contributed by atoms with E-state index in [2.05, 4.69) is 20.2 Å². The lowest BCUT2D eigenvalue weighted by molar-refractivity contribution is -0.120. The van der Waals surface area contributed by atoms with Crippen molar-refractivity contribution in [3.63, 3.8) is 0 Å². The summed E-state index contributed by atoms with van der Waals surface area (Å²) in [5, 5.41) is 3.48. The van der Waals surface area contributed by atoms with Gasteiger partial charge >= 0.3 is 0 Å². The Morgan fingerprint density at radius 1 is 1.00 bits per heavy atom. The summed E-state index contributed by atoms with van der Waals surface area (Å²) in [6, 6.07) is 1.11. The Labute approximate surface area is 125 Å². The van der Waals surface area contributed by atoms with E-state index in [-0.39, 0.29) is 0 Å². The number of piperazine rings is 1. The van der Waals surface area contributed by atoms with E-state index >= 15 is 0 Å². The molecule has 1 N–H and O–H groups in total. The number of fused-ring (bicyclic) bond motifs is 2. The summed E-state index contributed by atoms with van der Waals surface area (Å²) in [6.45, 7) is 2.10. The maximum Gasteiger partial charge on any atom is 0.225 e. The van der Waals surface area contributed by atoms with Gasteiger partial charge in [-0.15, -0.1) is 0 Å². The Balaban J connectivity index is 1.50. The molecule has 21 heavy (non-hydrogen) atoms. The van der Waals surface area contributed by atoms with Crippen molar-refractivity contribution in [3.05, 3.63) is 18.0 Å². The van der Waals surface area contributed by atoms with E-state index in [1.165, 1.54) is 18.4 Å².